The van der Waals surface area contributed by atoms with E-state index in [0.717, 1.165) is 19.1 Å². The van der Waals surface area contributed by atoms with Gasteiger partial charge in [0, 0.05) is 5.02 Å². The van der Waals surface area contributed by atoms with E-state index in [2.05, 4.69) is 63.2 Å². The van der Waals surface area contributed by atoms with Crippen LogP contribution in [0.3, 0.4) is 0 Å². The van der Waals surface area contributed by atoms with E-state index < -0.39 is 0 Å². The van der Waals surface area contributed by atoms with Crippen molar-refractivity contribution in [3.63, 3.8) is 0 Å². The first kappa shape index (κ1) is 15.5. The van der Waals surface area contributed by atoms with Crippen molar-refractivity contribution in [2.24, 2.45) is 0 Å². The SMILES string of the molecule is CCNC(c1cc(Cl)ccc1C)c1cc(Br)sc1Br. The van der Waals surface area contributed by atoms with Gasteiger partial charge in [-0.1, -0.05) is 24.6 Å². The van der Waals surface area contributed by atoms with E-state index in [-0.39, 0.29) is 6.04 Å². The first-order chi connectivity index (χ1) is 9.02. The normalized spacial score (nSPS) is 12.7. The zero-order valence-electron chi connectivity index (χ0n) is 10.6. The van der Waals surface area contributed by atoms with Gasteiger partial charge in [0.15, 0.2) is 0 Å². The number of aryl methyl sites for hydroxylation is 1. The molecular weight excluding hydrogens is 409 g/mol. The second kappa shape index (κ2) is 6.72. The molecule has 1 N–H and O–H groups in total. The molecule has 1 heterocycles. The lowest BCUT2D eigenvalue weighted by atomic mass is 9.97. The maximum Gasteiger partial charge on any atom is 0.0761 e. The van der Waals surface area contributed by atoms with Gasteiger partial charge in [-0.2, -0.15) is 0 Å². The van der Waals surface area contributed by atoms with E-state index in [1.165, 1.54) is 16.7 Å². The van der Waals surface area contributed by atoms with Crippen LogP contribution in [-0.2, 0) is 0 Å². The Morgan fingerprint density at radius 3 is 2.58 bits per heavy atom. The topological polar surface area (TPSA) is 12.0 Å². The summed E-state index contributed by atoms with van der Waals surface area (Å²) in [6.07, 6.45) is 0. The number of halogens is 3. The highest BCUT2D eigenvalue weighted by molar-refractivity contribution is 9.12. The van der Waals surface area contributed by atoms with Crippen LogP contribution in [0.15, 0.2) is 31.8 Å². The molecule has 19 heavy (non-hydrogen) atoms. The van der Waals surface area contributed by atoms with Gasteiger partial charge >= 0.3 is 0 Å². The molecule has 1 atom stereocenters. The van der Waals surface area contributed by atoms with Gasteiger partial charge < -0.3 is 5.32 Å². The molecule has 0 aliphatic rings. The van der Waals surface area contributed by atoms with E-state index in [9.17, 15) is 0 Å². The third-order valence-electron chi connectivity index (χ3n) is 2.95. The van der Waals surface area contributed by atoms with Crippen molar-refractivity contribution in [3.8, 4) is 0 Å². The average Bonchev–Trinajstić information content (AvgIpc) is 2.69. The van der Waals surface area contributed by atoms with Crippen LogP contribution in [0.2, 0.25) is 5.02 Å². The Hall–Kier alpha value is 0.130. The Labute approximate surface area is 139 Å². The minimum atomic E-state index is 0.153. The summed E-state index contributed by atoms with van der Waals surface area (Å²) in [5.41, 5.74) is 3.70. The molecule has 0 radical (unpaired) electrons. The Morgan fingerprint density at radius 2 is 2.00 bits per heavy atom. The molecule has 1 unspecified atom stereocenters. The maximum atomic E-state index is 6.15. The van der Waals surface area contributed by atoms with Crippen molar-refractivity contribution in [1.82, 2.24) is 5.32 Å². The van der Waals surface area contributed by atoms with Crippen molar-refractivity contribution in [1.29, 1.82) is 0 Å². The van der Waals surface area contributed by atoms with E-state index in [1.807, 2.05) is 12.1 Å². The fraction of sp³-hybridized carbons (Fsp3) is 0.286. The highest BCUT2D eigenvalue weighted by atomic mass is 79.9. The van der Waals surface area contributed by atoms with Crippen LogP contribution in [-0.4, -0.2) is 6.54 Å². The third-order valence-corrected chi connectivity index (χ3v) is 5.58. The van der Waals surface area contributed by atoms with Gasteiger partial charge in [-0.3, -0.25) is 0 Å². The van der Waals surface area contributed by atoms with Gasteiger partial charge in [0.05, 0.1) is 13.6 Å². The van der Waals surface area contributed by atoms with Gasteiger partial charge in [0.25, 0.3) is 0 Å². The van der Waals surface area contributed by atoms with E-state index in [0.29, 0.717) is 0 Å². The van der Waals surface area contributed by atoms with Gasteiger partial charge in [0.2, 0.25) is 0 Å². The fourth-order valence-corrected chi connectivity index (χ4v) is 5.15. The lowest BCUT2D eigenvalue weighted by Crippen LogP contribution is -2.22. The summed E-state index contributed by atoms with van der Waals surface area (Å²) in [5, 5.41) is 4.31. The molecule has 1 nitrogen and oxygen atoms in total. The molecule has 0 saturated carbocycles. The van der Waals surface area contributed by atoms with Crippen LogP contribution in [0.1, 0.15) is 29.7 Å². The molecule has 0 spiro atoms. The third kappa shape index (κ3) is 3.61. The number of hydrogen-bond donors (Lipinski definition) is 1. The number of thiophene rings is 1. The van der Waals surface area contributed by atoms with Gasteiger partial charge in [-0.05, 0) is 80.2 Å². The Morgan fingerprint density at radius 1 is 1.26 bits per heavy atom. The minimum Gasteiger partial charge on any atom is -0.306 e. The second-order valence-corrected chi connectivity index (χ2v) is 8.46. The summed E-state index contributed by atoms with van der Waals surface area (Å²) >= 11 is 15.0. The fourth-order valence-electron chi connectivity index (χ4n) is 2.06. The first-order valence-corrected chi connectivity index (χ1v) is 8.75. The van der Waals surface area contributed by atoms with Gasteiger partial charge in [0.1, 0.15) is 0 Å². The van der Waals surface area contributed by atoms with Crippen LogP contribution in [0.4, 0.5) is 0 Å². The molecule has 1 aromatic carbocycles. The molecule has 0 aliphatic heterocycles. The number of nitrogens with one attached hydrogen (secondary N) is 1. The smallest absolute Gasteiger partial charge is 0.0761 e. The van der Waals surface area contributed by atoms with Crippen LogP contribution in [0.25, 0.3) is 0 Å². The Bertz CT molecular complexity index is 583. The summed E-state index contributed by atoms with van der Waals surface area (Å²) in [6.45, 7) is 5.13. The summed E-state index contributed by atoms with van der Waals surface area (Å²) in [6, 6.07) is 8.35. The molecular formula is C14H14Br2ClNS. The molecule has 5 heteroatoms. The summed E-state index contributed by atoms with van der Waals surface area (Å²) in [7, 11) is 0. The zero-order valence-corrected chi connectivity index (χ0v) is 15.4. The summed E-state index contributed by atoms with van der Waals surface area (Å²) in [5.74, 6) is 0. The van der Waals surface area contributed by atoms with Crippen LogP contribution < -0.4 is 5.32 Å². The number of benzene rings is 1. The predicted molar refractivity (Wildman–Crippen MR) is 91.4 cm³/mol. The molecule has 0 bridgehead atoms. The lowest BCUT2D eigenvalue weighted by molar-refractivity contribution is 0.627. The Kier molecular flexibility index (Phi) is 5.49. The molecule has 102 valence electrons. The van der Waals surface area contributed by atoms with Crippen molar-refractivity contribution in [3.05, 3.63) is 53.6 Å². The first-order valence-electron chi connectivity index (χ1n) is 5.97. The van der Waals surface area contributed by atoms with Crippen LogP contribution >= 0.6 is 54.8 Å². The van der Waals surface area contributed by atoms with Crippen molar-refractivity contribution in [2.75, 3.05) is 6.54 Å². The van der Waals surface area contributed by atoms with Crippen LogP contribution in [0, 0.1) is 6.92 Å². The Balaban J connectivity index is 2.51. The molecule has 0 saturated heterocycles. The average molecular weight is 424 g/mol. The minimum absolute atomic E-state index is 0.153. The summed E-state index contributed by atoms with van der Waals surface area (Å²) in [4.78, 5) is 0. The van der Waals surface area contributed by atoms with Crippen LogP contribution in [0.5, 0.6) is 0 Å². The maximum absolute atomic E-state index is 6.15. The molecule has 1 aromatic heterocycles. The summed E-state index contributed by atoms with van der Waals surface area (Å²) < 4.78 is 2.27. The standard InChI is InChI=1S/C14H14Br2ClNS/c1-3-18-13(11-7-12(15)19-14(11)16)10-6-9(17)5-4-8(10)2/h4-7,13,18H,3H2,1-2H3. The molecule has 0 aliphatic carbocycles. The molecule has 0 fully saturated rings. The highest BCUT2D eigenvalue weighted by Crippen LogP contribution is 2.39. The largest absolute Gasteiger partial charge is 0.306 e. The molecule has 2 rings (SSSR count). The molecule has 0 amide bonds. The molecule has 2 aromatic rings. The monoisotopic (exact) mass is 421 g/mol. The lowest BCUT2D eigenvalue weighted by Gasteiger charge is -2.20. The quantitative estimate of drug-likeness (QED) is 0.642. The van der Waals surface area contributed by atoms with Crippen molar-refractivity contribution in [2.45, 2.75) is 19.9 Å². The highest BCUT2D eigenvalue weighted by Gasteiger charge is 2.20. The predicted octanol–water partition coefficient (Wildman–Crippen LogP) is 5.93. The van der Waals surface area contributed by atoms with E-state index in [1.54, 1.807) is 11.3 Å². The second-order valence-electron chi connectivity index (χ2n) is 4.27. The van der Waals surface area contributed by atoms with Crippen molar-refractivity contribution >= 4 is 54.8 Å². The van der Waals surface area contributed by atoms with Gasteiger partial charge in [-0.25, -0.2) is 0 Å². The number of hydrogen-bond acceptors (Lipinski definition) is 2. The van der Waals surface area contributed by atoms with Crippen molar-refractivity contribution < 1.29 is 0 Å². The number of rotatable bonds is 4. The zero-order chi connectivity index (χ0) is 14.0. The van der Waals surface area contributed by atoms with Gasteiger partial charge in [-0.15, -0.1) is 11.3 Å². The van der Waals surface area contributed by atoms with E-state index >= 15 is 0 Å². The van der Waals surface area contributed by atoms with E-state index in [4.69, 9.17) is 11.6 Å².